The van der Waals surface area contributed by atoms with Crippen molar-refractivity contribution in [3.63, 3.8) is 0 Å². The summed E-state index contributed by atoms with van der Waals surface area (Å²) in [5.74, 6) is 0. The van der Waals surface area contributed by atoms with E-state index < -0.39 is 0 Å². The van der Waals surface area contributed by atoms with Gasteiger partial charge in [-0.3, -0.25) is 0 Å². The van der Waals surface area contributed by atoms with Crippen molar-refractivity contribution in [1.29, 1.82) is 0 Å². The van der Waals surface area contributed by atoms with Gasteiger partial charge >= 0.3 is 0 Å². The molecule has 0 aliphatic rings. The van der Waals surface area contributed by atoms with Crippen LogP contribution in [0.2, 0.25) is 0 Å². The van der Waals surface area contributed by atoms with E-state index in [0.29, 0.717) is 0 Å². The molecule has 12 aromatic rings. The van der Waals surface area contributed by atoms with Crippen LogP contribution in [0.3, 0.4) is 0 Å². The zero-order valence-electron chi connectivity index (χ0n) is 30.8. The van der Waals surface area contributed by atoms with E-state index in [0.717, 1.165) is 89.0 Å². The van der Waals surface area contributed by atoms with Crippen molar-refractivity contribution in [3.05, 3.63) is 200 Å². The van der Waals surface area contributed by atoms with Crippen LogP contribution in [0.5, 0.6) is 0 Å². The molecule has 0 unspecified atom stereocenters. The number of furan rings is 1. The summed E-state index contributed by atoms with van der Waals surface area (Å²) in [6.45, 7) is 0. The number of aromatic nitrogens is 3. The smallest absolute Gasteiger partial charge is 0.139 e. The predicted octanol–water partition coefficient (Wildman–Crippen LogP) is 14.2. The molecule has 4 aromatic heterocycles. The lowest BCUT2D eigenvalue weighted by atomic mass is 9.96. The molecule has 0 fully saturated rings. The highest BCUT2D eigenvalue weighted by atomic mass is 16.3. The number of rotatable bonds is 5. The first-order valence-electron chi connectivity index (χ1n) is 19.4. The summed E-state index contributed by atoms with van der Waals surface area (Å²) in [7, 11) is 0. The van der Waals surface area contributed by atoms with Gasteiger partial charge in [-0.2, -0.15) is 0 Å². The van der Waals surface area contributed by atoms with E-state index in [1.54, 1.807) is 0 Å². The normalized spacial score (nSPS) is 11.9. The van der Waals surface area contributed by atoms with Gasteiger partial charge in [0, 0.05) is 44.1 Å². The van der Waals surface area contributed by atoms with E-state index in [2.05, 4.69) is 209 Å². The Morgan fingerprint density at radius 1 is 0.351 bits per heavy atom. The number of pyridine rings is 1. The zero-order valence-corrected chi connectivity index (χ0v) is 30.8. The first kappa shape index (κ1) is 31.6. The quantitative estimate of drug-likeness (QED) is 0.177. The molecule has 0 amide bonds. The molecule has 0 atom stereocenters. The van der Waals surface area contributed by atoms with Crippen LogP contribution in [-0.2, 0) is 0 Å². The third kappa shape index (κ3) is 4.77. The minimum absolute atomic E-state index is 0.816. The Kier molecular flexibility index (Phi) is 6.89. The Bertz CT molecular complexity index is 3350. The molecule has 266 valence electrons. The number of fused-ring (bicyclic) bond motifs is 9. The van der Waals surface area contributed by atoms with E-state index >= 15 is 0 Å². The zero-order chi connectivity index (χ0) is 37.5. The third-order valence-electron chi connectivity index (χ3n) is 11.5. The van der Waals surface area contributed by atoms with Crippen LogP contribution in [0.25, 0.3) is 111 Å². The highest BCUT2D eigenvalue weighted by molar-refractivity contribution is 6.19. The maximum atomic E-state index is 6.91. The molecule has 0 saturated carbocycles. The van der Waals surface area contributed by atoms with Gasteiger partial charge in [0.2, 0.25) is 0 Å². The summed E-state index contributed by atoms with van der Waals surface area (Å²) in [5, 5.41) is 6.87. The van der Waals surface area contributed by atoms with Gasteiger partial charge in [-0.25, -0.2) is 4.98 Å². The van der Waals surface area contributed by atoms with Gasteiger partial charge in [-0.15, -0.1) is 0 Å². The molecule has 12 rings (SSSR count). The number of benzene rings is 8. The van der Waals surface area contributed by atoms with Crippen molar-refractivity contribution in [2.45, 2.75) is 0 Å². The molecular weight excluding hydrogens is 695 g/mol. The fraction of sp³-hybridized carbons (Fsp3) is 0. The SMILES string of the molecule is c1ccc(-c2cc(-c3ccccc3)nc(-c3c(-n4c5ccccc5c5ccccc54)cc4oc5ccccc5c4c3-n3c4ccccc4c4ccccc43)c2)cc1. The molecular formula is C53H33N3O. The van der Waals surface area contributed by atoms with E-state index in [1.807, 2.05) is 0 Å². The van der Waals surface area contributed by atoms with E-state index in [-0.39, 0.29) is 0 Å². The molecule has 4 nitrogen and oxygen atoms in total. The van der Waals surface area contributed by atoms with Gasteiger partial charge in [0.05, 0.1) is 50.2 Å². The van der Waals surface area contributed by atoms with Crippen LogP contribution in [-0.4, -0.2) is 14.1 Å². The highest BCUT2D eigenvalue weighted by Gasteiger charge is 2.28. The van der Waals surface area contributed by atoms with Crippen molar-refractivity contribution >= 4 is 65.6 Å². The largest absolute Gasteiger partial charge is 0.456 e. The standard InChI is InChI=1S/C53H33N3O/c1-3-17-34(18-4-1)36-31-42(35-19-5-2-6-20-35)54-43(32-36)52-48(55-44-26-12-7-21-37(44)38-22-8-13-27-45(38)55)33-50-51(41-25-11-16-30-49(41)57-50)53(52)56-46-28-14-9-23-39(46)40-24-10-15-29-47(40)56/h1-33H. The number of hydrogen-bond acceptors (Lipinski definition) is 2. The Labute approximate surface area is 328 Å². The maximum Gasteiger partial charge on any atom is 0.139 e. The van der Waals surface area contributed by atoms with Crippen LogP contribution < -0.4 is 0 Å². The van der Waals surface area contributed by atoms with Crippen molar-refractivity contribution < 1.29 is 4.42 Å². The van der Waals surface area contributed by atoms with Gasteiger partial charge < -0.3 is 13.6 Å². The second kappa shape index (κ2) is 12.4. The lowest BCUT2D eigenvalue weighted by molar-refractivity contribution is 0.668. The van der Waals surface area contributed by atoms with E-state index in [4.69, 9.17) is 9.40 Å². The average Bonchev–Trinajstić information content (AvgIpc) is 3.94. The van der Waals surface area contributed by atoms with Crippen LogP contribution in [0.4, 0.5) is 0 Å². The minimum atomic E-state index is 0.816. The fourth-order valence-electron chi connectivity index (χ4n) is 9.06. The molecule has 0 aliphatic carbocycles. The van der Waals surface area contributed by atoms with Crippen molar-refractivity contribution in [2.75, 3.05) is 0 Å². The molecule has 4 heteroatoms. The predicted molar refractivity (Wildman–Crippen MR) is 237 cm³/mol. The van der Waals surface area contributed by atoms with E-state index in [1.165, 1.54) is 21.5 Å². The molecule has 0 N–H and O–H groups in total. The van der Waals surface area contributed by atoms with Gasteiger partial charge in [0.25, 0.3) is 0 Å². The van der Waals surface area contributed by atoms with Gasteiger partial charge in [-0.05, 0) is 53.6 Å². The molecule has 57 heavy (non-hydrogen) atoms. The average molecular weight is 728 g/mol. The Balaban J connectivity index is 1.35. The van der Waals surface area contributed by atoms with Crippen LogP contribution in [0.1, 0.15) is 0 Å². The fourth-order valence-corrected chi connectivity index (χ4v) is 9.06. The monoisotopic (exact) mass is 727 g/mol. The van der Waals surface area contributed by atoms with Crippen LogP contribution in [0, 0.1) is 0 Å². The second-order valence-corrected chi connectivity index (χ2v) is 14.7. The lowest BCUT2D eigenvalue weighted by Crippen LogP contribution is -2.06. The number of para-hydroxylation sites is 5. The van der Waals surface area contributed by atoms with Crippen LogP contribution in [0.15, 0.2) is 205 Å². The van der Waals surface area contributed by atoms with Crippen LogP contribution >= 0.6 is 0 Å². The summed E-state index contributed by atoms with van der Waals surface area (Å²) >= 11 is 0. The maximum absolute atomic E-state index is 6.91. The lowest BCUT2D eigenvalue weighted by Gasteiger charge is -2.22. The minimum Gasteiger partial charge on any atom is -0.456 e. The molecule has 0 bridgehead atoms. The molecule has 0 saturated heterocycles. The van der Waals surface area contributed by atoms with Crippen molar-refractivity contribution in [1.82, 2.24) is 14.1 Å². The van der Waals surface area contributed by atoms with Gasteiger partial charge in [0.15, 0.2) is 0 Å². The summed E-state index contributed by atoms with van der Waals surface area (Å²) < 4.78 is 11.8. The summed E-state index contributed by atoms with van der Waals surface area (Å²) in [4.78, 5) is 5.67. The van der Waals surface area contributed by atoms with Gasteiger partial charge in [-0.1, -0.05) is 152 Å². The first-order chi connectivity index (χ1) is 28.3. The van der Waals surface area contributed by atoms with Crippen molar-refractivity contribution in [2.24, 2.45) is 0 Å². The molecule has 0 radical (unpaired) electrons. The highest BCUT2D eigenvalue weighted by Crippen LogP contribution is 2.48. The Morgan fingerprint density at radius 2 is 0.807 bits per heavy atom. The first-order valence-corrected chi connectivity index (χ1v) is 19.4. The summed E-state index contributed by atoms with van der Waals surface area (Å²) in [5.41, 5.74) is 14.2. The molecule has 8 aromatic carbocycles. The topological polar surface area (TPSA) is 35.9 Å². The van der Waals surface area contributed by atoms with Gasteiger partial charge in [0.1, 0.15) is 11.2 Å². The number of hydrogen-bond donors (Lipinski definition) is 0. The molecule has 0 aliphatic heterocycles. The van der Waals surface area contributed by atoms with E-state index in [9.17, 15) is 0 Å². The second-order valence-electron chi connectivity index (χ2n) is 14.7. The molecule has 4 heterocycles. The summed E-state index contributed by atoms with van der Waals surface area (Å²) in [6, 6.07) is 71.3. The Hall–Kier alpha value is -7.69. The Morgan fingerprint density at radius 3 is 1.39 bits per heavy atom. The van der Waals surface area contributed by atoms with Crippen molar-refractivity contribution in [3.8, 4) is 45.0 Å². The summed E-state index contributed by atoms with van der Waals surface area (Å²) in [6.07, 6.45) is 0. The molecule has 0 spiro atoms. The third-order valence-corrected chi connectivity index (χ3v) is 11.5. The number of nitrogens with zero attached hydrogens (tertiary/aromatic N) is 3.